The van der Waals surface area contributed by atoms with Crippen LogP contribution in [0.1, 0.15) is 5.56 Å². The number of aliphatic hydroxyl groups excluding tert-OH is 1. The fraction of sp³-hybridized carbons (Fsp3) is 0.250. The molecule has 3 heteroatoms. The zero-order chi connectivity index (χ0) is 10.7. The largest absolute Gasteiger partial charge is 0.395 e. The molecule has 0 radical (unpaired) electrons. The van der Waals surface area contributed by atoms with E-state index in [1.807, 2.05) is 18.2 Å². The second-order valence-corrected chi connectivity index (χ2v) is 3.53. The Morgan fingerprint density at radius 3 is 3.00 bits per heavy atom. The zero-order valence-electron chi connectivity index (χ0n) is 8.70. The van der Waals surface area contributed by atoms with E-state index in [1.165, 1.54) is 5.56 Å². The molecule has 0 amide bonds. The van der Waals surface area contributed by atoms with Crippen molar-refractivity contribution >= 4 is 16.6 Å². The van der Waals surface area contributed by atoms with Crippen LogP contribution in [0.4, 0.5) is 5.69 Å². The Kier molecular flexibility index (Phi) is 2.83. The summed E-state index contributed by atoms with van der Waals surface area (Å²) in [6.45, 7) is 2.75. The fourth-order valence-corrected chi connectivity index (χ4v) is 1.60. The van der Waals surface area contributed by atoms with E-state index in [4.69, 9.17) is 5.11 Å². The number of benzene rings is 1. The summed E-state index contributed by atoms with van der Waals surface area (Å²) in [4.78, 5) is 4.29. The molecule has 1 heterocycles. The van der Waals surface area contributed by atoms with Gasteiger partial charge < -0.3 is 10.4 Å². The van der Waals surface area contributed by atoms with Crippen LogP contribution >= 0.6 is 0 Å². The monoisotopic (exact) mass is 202 g/mol. The summed E-state index contributed by atoms with van der Waals surface area (Å²) in [5.74, 6) is 0. The first-order valence-electron chi connectivity index (χ1n) is 5.01. The van der Waals surface area contributed by atoms with Crippen molar-refractivity contribution in [3.8, 4) is 0 Å². The van der Waals surface area contributed by atoms with Gasteiger partial charge in [0.05, 0.1) is 12.1 Å². The fourth-order valence-electron chi connectivity index (χ4n) is 1.60. The maximum Gasteiger partial charge on any atom is 0.0722 e. The van der Waals surface area contributed by atoms with Crippen molar-refractivity contribution in [1.29, 1.82) is 0 Å². The van der Waals surface area contributed by atoms with E-state index in [0.29, 0.717) is 6.54 Å². The second-order valence-electron chi connectivity index (χ2n) is 3.53. The van der Waals surface area contributed by atoms with Gasteiger partial charge in [0.2, 0.25) is 0 Å². The highest BCUT2D eigenvalue weighted by atomic mass is 16.3. The number of rotatable bonds is 3. The number of aryl methyl sites for hydroxylation is 1. The maximum absolute atomic E-state index is 8.78. The molecule has 15 heavy (non-hydrogen) atoms. The SMILES string of the molecule is Cc1ccc2nccc(NCCO)c2c1. The summed E-state index contributed by atoms with van der Waals surface area (Å²) in [6, 6.07) is 8.08. The Morgan fingerprint density at radius 2 is 2.20 bits per heavy atom. The third-order valence-corrected chi connectivity index (χ3v) is 2.32. The van der Waals surface area contributed by atoms with E-state index in [9.17, 15) is 0 Å². The highest BCUT2D eigenvalue weighted by molar-refractivity contribution is 5.91. The van der Waals surface area contributed by atoms with Crippen LogP contribution in [0.15, 0.2) is 30.5 Å². The Hall–Kier alpha value is -1.61. The molecule has 0 atom stereocenters. The van der Waals surface area contributed by atoms with Crippen LogP contribution in [-0.4, -0.2) is 23.2 Å². The first kappa shape index (κ1) is 9.93. The molecule has 2 N–H and O–H groups in total. The number of hydrogen-bond acceptors (Lipinski definition) is 3. The summed E-state index contributed by atoms with van der Waals surface area (Å²) >= 11 is 0. The lowest BCUT2D eigenvalue weighted by molar-refractivity contribution is 0.311. The normalized spacial score (nSPS) is 10.5. The molecule has 0 bridgehead atoms. The second kappa shape index (κ2) is 4.28. The number of anilines is 1. The highest BCUT2D eigenvalue weighted by Gasteiger charge is 2.00. The van der Waals surface area contributed by atoms with Crippen LogP contribution in [0.5, 0.6) is 0 Å². The molecule has 2 aromatic rings. The van der Waals surface area contributed by atoms with Crippen LogP contribution in [0, 0.1) is 6.92 Å². The lowest BCUT2D eigenvalue weighted by Crippen LogP contribution is -2.05. The quantitative estimate of drug-likeness (QED) is 0.799. The number of pyridine rings is 1. The van der Waals surface area contributed by atoms with Gasteiger partial charge >= 0.3 is 0 Å². The summed E-state index contributed by atoms with van der Waals surface area (Å²) in [5.41, 5.74) is 3.21. The summed E-state index contributed by atoms with van der Waals surface area (Å²) in [7, 11) is 0. The third-order valence-electron chi connectivity index (χ3n) is 2.32. The average molecular weight is 202 g/mol. The summed E-state index contributed by atoms with van der Waals surface area (Å²) in [5, 5.41) is 13.1. The zero-order valence-corrected chi connectivity index (χ0v) is 8.70. The van der Waals surface area contributed by atoms with Crippen molar-refractivity contribution in [3.63, 3.8) is 0 Å². The molecule has 1 aromatic heterocycles. The minimum atomic E-state index is 0.135. The first-order valence-corrected chi connectivity index (χ1v) is 5.01. The van der Waals surface area contributed by atoms with Gasteiger partial charge in [-0.1, -0.05) is 11.6 Å². The van der Waals surface area contributed by atoms with Gasteiger partial charge in [0, 0.05) is 23.8 Å². The van der Waals surface area contributed by atoms with Gasteiger partial charge in [0.1, 0.15) is 0 Å². The Bertz CT molecular complexity index is 468. The van der Waals surface area contributed by atoms with Crippen molar-refractivity contribution in [2.45, 2.75) is 6.92 Å². The molecule has 0 aliphatic carbocycles. The van der Waals surface area contributed by atoms with Crippen molar-refractivity contribution < 1.29 is 5.11 Å². The van der Waals surface area contributed by atoms with Crippen LogP contribution in [0.2, 0.25) is 0 Å². The van der Waals surface area contributed by atoms with E-state index in [1.54, 1.807) is 6.20 Å². The standard InChI is InChI=1S/C12H14N2O/c1-9-2-3-11-10(8-9)12(4-5-13-11)14-6-7-15/h2-5,8,15H,6-7H2,1H3,(H,13,14). The van der Waals surface area contributed by atoms with Crippen LogP contribution in [-0.2, 0) is 0 Å². The van der Waals surface area contributed by atoms with Gasteiger partial charge in [0.15, 0.2) is 0 Å². The van der Waals surface area contributed by atoms with Crippen molar-refractivity contribution in [1.82, 2.24) is 4.98 Å². The van der Waals surface area contributed by atoms with Gasteiger partial charge in [-0.15, -0.1) is 0 Å². The van der Waals surface area contributed by atoms with E-state index >= 15 is 0 Å². The van der Waals surface area contributed by atoms with Gasteiger partial charge in [-0.05, 0) is 25.1 Å². The molecule has 0 fully saturated rings. The average Bonchev–Trinajstić information content (AvgIpc) is 2.26. The molecule has 0 aliphatic rings. The molecule has 0 spiro atoms. The Labute approximate surface area is 88.8 Å². The molecular weight excluding hydrogens is 188 g/mol. The molecule has 0 unspecified atom stereocenters. The summed E-state index contributed by atoms with van der Waals surface area (Å²) in [6.07, 6.45) is 1.78. The van der Waals surface area contributed by atoms with Crippen LogP contribution in [0.25, 0.3) is 10.9 Å². The topological polar surface area (TPSA) is 45.2 Å². The van der Waals surface area contributed by atoms with Gasteiger partial charge in [-0.25, -0.2) is 0 Å². The third kappa shape index (κ3) is 2.07. The number of nitrogens with zero attached hydrogens (tertiary/aromatic N) is 1. The minimum Gasteiger partial charge on any atom is -0.395 e. The highest BCUT2D eigenvalue weighted by Crippen LogP contribution is 2.22. The smallest absolute Gasteiger partial charge is 0.0722 e. The predicted molar refractivity (Wildman–Crippen MR) is 62.1 cm³/mol. The van der Waals surface area contributed by atoms with E-state index < -0.39 is 0 Å². The van der Waals surface area contributed by atoms with Crippen LogP contribution < -0.4 is 5.32 Å². The summed E-state index contributed by atoms with van der Waals surface area (Å²) < 4.78 is 0. The lowest BCUT2D eigenvalue weighted by atomic mass is 10.1. The van der Waals surface area contributed by atoms with Crippen LogP contribution in [0.3, 0.4) is 0 Å². The first-order chi connectivity index (χ1) is 7.31. The van der Waals surface area contributed by atoms with E-state index in [0.717, 1.165) is 16.6 Å². The molecule has 1 aromatic carbocycles. The molecule has 0 aliphatic heterocycles. The maximum atomic E-state index is 8.78. The number of aromatic nitrogens is 1. The minimum absolute atomic E-state index is 0.135. The van der Waals surface area contributed by atoms with Crippen molar-refractivity contribution in [2.24, 2.45) is 0 Å². The van der Waals surface area contributed by atoms with Crippen molar-refractivity contribution in [2.75, 3.05) is 18.5 Å². The molecule has 2 rings (SSSR count). The Morgan fingerprint density at radius 1 is 1.33 bits per heavy atom. The van der Waals surface area contributed by atoms with Gasteiger partial charge in [0.25, 0.3) is 0 Å². The molecule has 78 valence electrons. The molecular formula is C12H14N2O. The van der Waals surface area contributed by atoms with Gasteiger partial charge in [-0.2, -0.15) is 0 Å². The molecule has 0 saturated heterocycles. The predicted octanol–water partition coefficient (Wildman–Crippen LogP) is 1.95. The van der Waals surface area contributed by atoms with E-state index in [2.05, 4.69) is 23.3 Å². The van der Waals surface area contributed by atoms with E-state index in [-0.39, 0.29) is 6.61 Å². The number of nitrogens with one attached hydrogen (secondary N) is 1. The molecule has 3 nitrogen and oxygen atoms in total. The van der Waals surface area contributed by atoms with Gasteiger partial charge in [-0.3, -0.25) is 4.98 Å². The molecule has 0 saturated carbocycles. The number of fused-ring (bicyclic) bond motifs is 1. The number of aliphatic hydroxyl groups is 1. The lowest BCUT2D eigenvalue weighted by Gasteiger charge is -2.08. The Balaban J connectivity index is 2.48. The van der Waals surface area contributed by atoms with Crippen molar-refractivity contribution in [3.05, 3.63) is 36.0 Å². The number of hydrogen-bond donors (Lipinski definition) is 2.